The SMILES string of the molecule is CO[C@@]12CCC(NC(CC(N)=O)C(=O)OC(C)(C)C)[C@@H]3Oc4c(O)ccc5c4[C@@]31CCN(C)C2C5. The van der Waals surface area contributed by atoms with Crippen molar-refractivity contribution < 1.29 is 28.9 Å². The highest BCUT2D eigenvalue weighted by Crippen LogP contribution is 2.66. The van der Waals surface area contributed by atoms with Crippen molar-refractivity contribution in [2.45, 2.75) is 93.7 Å². The van der Waals surface area contributed by atoms with Crippen molar-refractivity contribution in [3.05, 3.63) is 23.3 Å². The number of benzene rings is 1. The predicted octanol–water partition coefficient (Wildman–Crippen LogP) is 1.37. The number of rotatable bonds is 6. The summed E-state index contributed by atoms with van der Waals surface area (Å²) in [6, 6.07) is 2.72. The number of aromatic hydroxyl groups is 1. The topological polar surface area (TPSA) is 123 Å². The van der Waals surface area contributed by atoms with E-state index in [2.05, 4.69) is 17.3 Å². The number of ether oxygens (including phenoxy) is 3. The van der Waals surface area contributed by atoms with Gasteiger partial charge in [-0.3, -0.25) is 14.9 Å². The molecule has 35 heavy (non-hydrogen) atoms. The number of esters is 1. The Hall–Kier alpha value is -2.36. The van der Waals surface area contributed by atoms with Gasteiger partial charge in [-0.2, -0.15) is 0 Å². The molecular formula is C26H37N3O6. The summed E-state index contributed by atoms with van der Waals surface area (Å²) >= 11 is 0. The lowest BCUT2D eigenvalue weighted by atomic mass is 9.48. The van der Waals surface area contributed by atoms with E-state index >= 15 is 0 Å². The zero-order chi connectivity index (χ0) is 25.3. The Morgan fingerprint density at radius 3 is 2.74 bits per heavy atom. The molecule has 1 aromatic rings. The molecule has 2 bridgehead atoms. The monoisotopic (exact) mass is 487 g/mol. The van der Waals surface area contributed by atoms with Gasteiger partial charge in [-0.05, 0) is 71.7 Å². The molecule has 6 atom stereocenters. The highest BCUT2D eigenvalue weighted by atomic mass is 16.6. The first-order valence-electron chi connectivity index (χ1n) is 12.5. The van der Waals surface area contributed by atoms with Gasteiger partial charge in [0.15, 0.2) is 11.5 Å². The third-order valence-corrected chi connectivity index (χ3v) is 8.57. The van der Waals surface area contributed by atoms with Crippen LogP contribution in [0.5, 0.6) is 11.5 Å². The van der Waals surface area contributed by atoms with Crippen LogP contribution in [-0.4, -0.2) is 78.0 Å². The lowest BCUT2D eigenvalue weighted by molar-refractivity contribution is -0.204. The molecule has 1 aromatic carbocycles. The number of nitrogens with one attached hydrogen (secondary N) is 1. The Kier molecular flexibility index (Phi) is 5.62. The molecule has 0 radical (unpaired) electrons. The molecule has 3 unspecified atom stereocenters. The summed E-state index contributed by atoms with van der Waals surface area (Å²) in [6.07, 6.45) is 2.50. The number of piperidine rings is 1. The lowest BCUT2D eigenvalue weighted by Gasteiger charge is -2.65. The maximum atomic E-state index is 13.0. The number of amides is 1. The van der Waals surface area contributed by atoms with Crippen molar-refractivity contribution in [3.63, 3.8) is 0 Å². The number of phenols is 1. The molecule has 9 heteroatoms. The van der Waals surface area contributed by atoms with E-state index in [0.29, 0.717) is 12.2 Å². The number of primary amides is 1. The fourth-order valence-electron chi connectivity index (χ4n) is 7.35. The number of hydrogen-bond acceptors (Lipinski definition) is 8. The third-order valence-electron chi connectivity index (χ3n) is 8.57. The van der Waals surface area contributed by atoms with Crippen LogP contribution in [0, 0.1) is 0 Å². The molecule has 192 valence electrons. The smallest absolute Gasteiger partial charge is 0.324 e. The second kappa shape index (κ2) is 8.08. The molecule has 1 spiro atoms. The highest BCUT2D eigenvalue weighted by Gasteiger charge is 2.73. The number of nitrogens with zero attached hydrogens (tertiary/aromatic N) is 1. The second-order valence-electron chi connectivity index (χ2n) is 11.6. The fraction of sp³-hybridized carbons (Fsp3) is 0.692. The van der Waals surface area contributed by atoms with Gasteiger partial charge in [0.05, 0.1) is 17.4 Å². The Bertz CT molecular complexity index is 1050. The van der Waals surface area contributed by atoms with Gasteiger partial charge in [-0.15, -0.1) is 0 Å². The van der Waals surface area contributed by atoms with E-state index in [1.165, 1.54) is 5.56 Å². The zero-order valence-electron chi connectivity index (χ0n) is 21.2. The predicted molar refractivity (Wildman–Crippen MR) is 128 cm³/mol. The highest BCUT2D eigenvalue weighted by molar-refractivity contribution is 5.84. The maximum absolute atomic E-state index is 13.0. The molecule has 2 fully saturated rings. The summed E-state index contributed by atoms with van der Waals surface area (Å²) in [5.41, 5.74) is 6.06. The van der Waals surface area contributed by atoms with Crippen LogP contribution in [0.3, 0.4) is 0 Å². The Balaban J connectivity index is 1.56. The second-order valence-corrected chi connectivity index (χ2v) is 11.6. The fourth-order valence-corrected chi connectivity index (χ4v) is 7.35. The van der Waals surface area contributed by atoms with E-state index in [1.54, 1.807) is 33.9 Å². The first kappa shape index (κ1) is 24.3. The molecule has 2 aliphatic carbocycles. The van der Waals surface area contributed by atoms with Gasteiger partial charge in [-0.25, -0.2) is 0 Å². The molecular weight excluding hydrogens is 450 g/mol. The molecule has 1 saturated heterocycles. The number of hydrogen-bond donors (Lipinski definition) is 3. The molecule has 1 amide bonds. The van der Waals surface area contributed by atoms with Gasteiger partial charge < -0.3 is 30.0 Å². The largest absolute Gasteiger partial charge is 0.504 e. The average Bonchev–Trinajstić information content (AvgIpc) is 3.13. The number of likely N-dealkylation sites (tertiary alicyclic amines) is 1. The summed E-state index contributed by atoms with van der Waals surface area (Å²) in [5.74, 6) is -0.452. The van der Waals surface area contributed by atoms with Crippen molar-refractivity contribution in [1.29, 1.82) is 0 Å². The van der Waals surface area contributed by atoms with Crippen LogP contribution in [0.25, 0.3) is 0 Å². The number of likely N-dealkylation sites (N-methyl/N-ethyl adjacent to an activating group) is 1. The van der Waals surface area contributed by atoms with E-state index in [9.17, 15) is 14.7 Å². The number of methoxy groups -OCH3 is 1. The lowest BCUT2D eigenvalue weighted by Crippen LogP contribution is -2.78. The van der Waals surface area contributed by atoms with Gasteiger partial charge in [0.25, 0.3) is 0 Å². The molecule has 2 heterocycles. The molecule has 9 nitrogen and oxygen atoms in total. The van der Waals surface area contributed by atoms with Gasteiger partial charge >= 0.3 is 5.97 Å². The van der Waals surface area contributed by atoms with Crippen LogP contribution >= 0.6 is 0 Å². The molecule has 1 saturated carbocycles. The van der Waals surface area contributed by atoms with Gasteiger partial charge in [0, 0.05) is 24.8 Å². The number of nitrogens with two attached hydrogens (primary N) is 1. The van der Waals surface area contributed by atoms with E-state index in [0.717, 1.165) is 31.4 Å². The standard InChI is InChI=1S/C26H37N3O6/c1-24(2,3)35-23(32)16(13-19(27)31)28-15-8-9-26(33-5)18-12-14-6-7-17(30)21-20(14)25(26,22(15)34-21)10-11-29(18)4/h6-7,15-16,18,22,28,30H,8-13H2,1-5H3,(H2,27,31)/t15?,16?,18?,22-,25-,26+/m0/s1. The number of carbonyl (C=O) groups excluding carboxylic acids is 2. The molecule has 4 N–H and O–H groups in total. The first-order chi connectivity index (χ1) is 16.4. The van der Waals surface area contributed by atoms with Crippen molar-refractivity contribution >= 4 is 11.9 Å². The third kappa shape index (κ3) is 3.46. The average molecular weight is 488 g/mol. The molecule has 4 aliphatic rings. The maximum Gasteiger partial charge on any atom is 0.324 e. The quantitative estimate of drug-likeness (QED) is 0.514. The van der Waals surface area contributed by atoms with Crippen LogP contribution in [0.4, 0.5) is 0 Å². The minimum atomic E-state index is -0.894. The van der Waals surface area contributed by atoms with Gasteiger partial charge in [0.1, 0.15) is 17.7 Å². The Morgan fingerprint density at radius 1 is 1.34 bits per heavy atom. The van der Waals surface area contributed by atoms with Crippen molar-refractivity contribution in [2.75, 3.05) is 20.7 Å². The summed E-state index contributed by atoms with van der Waals surface area (Å²) < 4.78 is 18.6. The Labute approximate surface area is 206 Å². The minimum Gasteiger partial charge on any atom is -0.504 e. The van der Waals surface area contributed by atoms with E-state index in [4.69, 9.17) is 19.9 Å². The van der Waals surface area contributed by atoms with Gasteiger partial charge in [0.2, 0.25) is 5.91 Å². The van der Waals surface area contributed by atoms with E-state index in [1.807, 2.05) is 6.07 Å². The van der Waals surface area contributed by atoms with E-state index in [-0.39, 0.29) is 30.4 Å². The number of phenolic OH excluding ortho intramolecular Hbond substituents is 1. The van der Waals surface area contributed by atoms with Crippen molar-refractivity contribution in [1.82, 2.24) is 10.2 Å². The van der Waals surface area contributed by atoms with Crippen LogP contribution in [0.15, 0.2) is 12.1 Å². The summed E-state index contributed by atoms with van der Waals surface area (Å²) in [4.78, 5) is 27.3. The zero-order valence-corrected chi connectivity index (χ0v) is 21.2. The van der Waals surface area contributed by atoms with Crippen LogP contribution in [0.1, 0.15) is 57.6 Å². The normalized spacial score (nSPS) is 34.0. The summed E-state index contributed by atoms with van der Waals surface area (Å²) in [6.45, 7) is 6.25. The Morgan fingerprint density at radius 2 is 2.09 bits per heavy atom. The van der Waals surface area contributed by atoms with E-state index < -0.39 is 34.5 Å². The summed E-state index contributed by atoms with van der Waals surface area (Å²) in [7, 11) is 3.92. The van der Waals surface area contributed by atoms with Crippen LogP contribution in [-0.2, 0) is 30.9 Å². The van der Waals surface area contributed by atoms with Crippen LogP contribution < -0.4 is 15.8 Å². The van der Waals surface area contributed by atoms with Crippen LogP contribution in [0.2, 0.25) is 0 Å². The van der Waals surface area contributed by atoms with Gasteiger partial charge in [-0.1, -0.05) is 6.07 Å². The van der Waals surface area contributed by atoms with Crippen molar-refractivity contribution in [2.24, 2.45) is 5.73 Å². The number of carbonyl (C=O) groups is 2. The summed E-state index contributed by atoms with van der Waals surface area (Å²) in [5, 5.41) is 14.2. The molecule has 5 rings (SSSR count). The molecule has 2 aliphatic heterocycles. The molecule has 0 aromatic heterocycles. The van der Waals surface area contributed by atoms with Crippen molar-refractivity contribution in [3.8, 4) is 11.5 Å². The first-order valence-corrected chi connectivity index (χ1v) is 12.5. The minimum absolute atomic E-state index is 0.120.